The summed E-state index contributed by atoms with van der Waals surface area (Å²) < 4.78 is 12.0. The minimum absolute atomic E-state index is 0.0410. The van der Waals surface area contributed by atoms with Crippen molar-refractivity contribution in [3.05, 3.63) is 103 Å². The van der Waals surface area contributed by atoms with Gasteiger partial charge >= 0.3 is 11.3 Å². The van der Waals surface area contributed by atoms with Gasteiger partial charge in [0.1, 0.15) is 17.1 Å². The number of nitrogens with one attached hydrogen (secondary N) is 1. The van der Waals surface area contributed by atoms with Gasteiger partial charge < -0.3 is 19.8 Å². The van der Waals surface area contributed by atoms with E-state index in [2.05, 4.69) is 4.98 Å². The molecule has 0 spiro atoms. The monoisotopic (exact) mass is 476 g/mol. The molecule has 2 aromatic carbocycles. The number of H-pyrrole nitrogens is 1. The van der Waals surface area contributed by atoms with Crippen LogP contribution in [0.2, 0.25) is 0 Å². The highest BCUT2D eigenvalue weighted by molar-refractivity contribution is 5.81. The average Bonchev–Trinajstić information content (AvgIpc) is 2.84. The van der Waals surface area contributed by atoms with Gasteiger partial charge in [-0.3, -0.25) is 14.3 Å². The standard InChI is InChI=1S/C26H28N4O5/c1-3-17-9-10-20-19(14-22(31)35-21(20)13-17)16-29(11-12-34-2)23-24(27)30(26(33)28-25(23)32)15-18-7-5-4-6-8-18/h4-10,13-14H,3,11-12,15-16,27H2,1-2H3,(H,28,32,33). The van der Waals surface area contributed by atoms with Gasteiger partial charge in [-0.1, -0.05) is 49.4 Å². The molecule has 0 fully saturated rings. The summed E-state index contributed by atoms with van der Waals surface area (Å²) in [5.41, 5.74) is 7.95. The molecule has 2 aromatic heterocycles. The zero-order chi connectivity index (χ0) is 24.9. The van der Waals surface area contributed by atoms with E-state index in [0.717, 1.165) is 22.9 Å². The summed E-state index contributed by atoms with van der Waals surface area (Å²) in [4.78, 5) is 42.0. The number of benzene rings is 2. The molecule has 0 radical (unpaired) electrons. The van der Waals surface area contributed by atoms with Gasteiger partial charge in [0.2, 0.25) is 0 Å². The predicted octanol–water partition coefficient (Wildman–Crippen LogP) is 2.49. The summed E-state index contributed by atoms with van der Waals surface area (Å²) >= 11 is 0. The second-order valence-electron chi connectivity index (χ2n) is 8.25. The molecule has 4 rings (SSSR count). The van der Waals surface area contributed by atoms with Crippen LogP contribution in [0.3, 0.4) is 0 Å². The summed E-state index contributed by atoms with van der Waals surface area (Å²) in [5, 5.41) is 0.761. The summed E-state index contributed by atoms with van der Waals surface area (Å²) in [7, 11) is 1.56. The lowest BCUT2D eigenvalue weighted by atomic mass is 10.1. The van der Waals surface area contributed by atoms with E-state index in [9.17, 15) is 14.4 Å². The topological polar surface area (TPSA) is 124 Å². The third kappa shape index (κ3) is 5.20. The first-order valence-corrected chi connectivity index (χ1v) is 11.4. The van der Waals surface area contributed by atoms with Gasteiger partial charge in [0.05, 0.1) is 13.2 Å². The van der Waals surface area contributed by atoms with Crippen LogP contribution >= 0.6 is 0 Å². The zero-order valence-electron chi connectivity index (χ0n) is 19.7. The maximum absolute atomic E-state index is 13.0. The summed E-state index contributed by atoms with van der Waals surface area (Å²) in [6.07, 6.45) is 0.804. The molecule has 2 heterocycles. The smallest absolute Gasteiger partial charge is 0.336 e. The number of rotatable bonds is 9. The number of methoxy groups -OCH3 is 1. The van der Waals surface area contributed by atoms with Gasteiger partial charge in [-0.05, 0) is 29.2 Å². The van der Waals surface area contributed by atoms with Crippen molar-refractivity contribution in [2.24, 2.45) is 0 Å². The molecule has 0 unspecified atom stereocenters. The lowest BCUT2D eigenvalue weighted by Crippen LogP contribution is -2.39. The van der Waals surface area contributed by atoms with Crippen LogP contribution in [0, 0.1) is 0 Å². The van der Waals surface area contributed by atoms with Crippen LogP contribution in [0.15, 0.2) is 73.4 Å². The molecule has 0 aliphatic rings. The number of hydrogen-bond donors (Lipinski definition) is 2. The number of nitrogens with two attached hydrogens (primary N) is 1. The molecule has 3 N–H and O–H groups in total. The summed E-state index contributed by atoms with van der Waals surface area (Å²) in [6, 6.07) is 16.5. The van der Waals surface area contributed by atoms with Gasteiger partial charge in [0.25, 0.3) is 5.56 Å². The normalized spacial score (nSPS) is 11.1. The number of nitrogen functional groups attached to an aromatic ring is 1. The SMILES string of the molecule is CCc1ccc2c(CN(CCOC)c3c(N)n(Cc4ccccc4)c(=O)[nH]c3=O)cc(=O)oc2c1. The maximum Gasteiger partial charge on any atom is 0.336 e. The fraction of sp³-hybridized carbons (Fsp3) is 0.269. The molecule has 0 atom stereocenters. The fourth-order valence-corrected chi connectivity index (χ4v) is 4.11. The Morgan fingerprint density at radius 2 is 1.83 bits per heavy atom. The molecule has 9 nitrogen and oxygen atoms in total. The van der Waals surface area contributed by atoms with E-state index in [1.807, 2.05) is 55.5 Å². The van der Waals surface area contributed by atoms with E-state index < -0.39 is 16.9 Å². The van der Waals surface area contributed by atoms with Crippen LogP contribution in [-0.2, 0) is 24.2 Å². The highest BCUT2D eigenvalue weighted by Gasteiger charge is 2.21. The second kappa shape index (κ2) is 10.4. The molecule has 0 aliphatic carbocycles. The van der Waals surface area contributed by atoms with Gasteiger partial charge in [-0.25, -0.2) is 9.59 Å². The first-order valence-electron chi connectivity index (χ1n) is 11.4. The molecular weight excluding hydrogens is 448 g/mol. The van der Waals surface area contributed by atoms with Crippen molar-refractivity contribution >= 4 is 22.5 Å². The van der Waals surface area contributed by atoms with E-state index in [1.165, 1.54) is 10.6 Å². The number of nitrogens with zero attached hydrogens (tertiary/aromatic N) is 2. The fourth-order valence-electron chi connectivity index (χ4n) is 4.11. The molecule has 9 heteroatoms. The van der Waals surface area contributed by atoms with Crippen LogP contribution in [0.25, 0.3) is 11.0 Å². The molecule has 0 amide bonds. The summed E-state index contributed by atoms with van der Waals surface area (Å²) in [6.45, 7) is 3.02. The maximum atomic E-state index is 13.0. The Bertz CT molecular complexity index is 1500. The number of fused-ring (bicyclic) bond motifs is 1. The highest BCUT2D eigenvalue weighted by atomic mass is 16.5. The lowest BCUT2D eigenvalue weighted by Gasteiger charge is -2.26. The zero-order valence-corrected chi connectivity index (χ0v) is 19.7. The van der Waals surface area contributed by atoms with Crippen molar-refractivity contribution in [2.45, 2.75) is 26.4 Å². The van der Waals surface area contributed by atoms with Crippen molar-refractivity contribution in [3.63, 3.8) is 0 Å². The molecule has 0 saturated carbocycles. The Kier molecular flexibility index (Phi) is 7.17. The van der Waals surface area contributed by atoms with Crippen molar-refractivity contribution < 1.29 is 9.15 Å². The van der Waals surface area contributed by atoms with Crippen LogP contribution in [-0.4, -0.2) is 29.8 Å². The highest BCUT2D eigenvalue weighted by Crippen LogP contribution is 2.24. The van der Waals surface area contributed by atoms with Crippen molar-refractivity contribution in [2.75, 3.05) is 30.9 Å². The van der Waals surface area contributed by atoms with E-state index >= 15 is 0 Å². The minimum Gasteiger partial charge on any atom is -0.423 e. The Hall–Kier alpha value is -4.11. The van der Waals surface area contributed by atoms with E-state index in [4.69, 9.17) is 14.9 Å². The number of aromatic amines is 1. The number of aromatic nitrogens is 2. The first-order chi connectivity index (χ1) is 16.9. The molecular formula is C26H28N4O5. The van der Waals surface area contributed by atoms with Crippen molar-refractivity contribution in [3.8, 4) is 0 Å². The second-order valence-corrected chi connectivity index (χ2v) is 8.25. The van der Waals surface area contributed by atoms with Crippen LogP contribution in [0.5, 0.6) is 0 Å². The third-order valence-corrected chi connectivity index (χ3v) is 5.94. The molecule has 4 aromatic rings. The largest absolute Gasteiger partial charge is 0.423 e. The van der Waals surface area contributed by atoms with Crippen LogP contribution in [0.1, 0.15) is 23.6 Å². The Morgan fingerprint density at radius 3 is 2.54 bits per heavy atom. The van der Waals surface area contributed by atoms with Gasteiger partial charge in [-0.15, -0.1) is 0 Å². The van der Waals surface area contributed by atoms with Crippen LogP contribution < -0.4 is 27.5 Å². The molecule has 35 heavy (non-hydrogen) atoms. The Labute approximate surface area is 201 Å². The number of anilines is 2. The van der Waals surface area contributed by atoms with Gasteiger partial charge in [0, 0.05) is 31.7 Å². The minimum atomic E-state index is -0.603. The Morgan fingerprint density at radius 1 is 1.06 bits per heavy atom. The molecule has 0 aliphatic heterocycles. The number of ether oxygens (including phenoxy) is 1. The van der Waals surface area contributed by atoms with Crippen molar-refractivity contribution in [1.82, 2.24) is 9.55 Å². The summed E-state index contributed by atoms with van der Waals surface area (Å²) in [5.74, 6) is 0.0410. The number of aryl methyl sites for hydroxylation is 1. The van der Waals surface area contributed by atoms with Crippen LogP contribution in [0.4, 0.5) is 11.5 Å². The quantitative estimate of drug-likeness (QED) is 0.356. The molecule has 182 valence electrons. The average molecular weight is 477 g/mol. The van der Waals surface area contributed by atoms with E-state index in [0.29, 0.717) is 24.3 Å². The molecule has 0 bridgehead atoms. The third-order valence-electron chi connectivity index (χ3n) is 5.94. The molecule has 0 saturated heterocycles. The van der Waals surface area contributed by atoms with Crippen molar-refractivity contribution in [1.29, 1.82) is 0 Å². The number of hydrogen-bond acceptors (Lipinski definition) is 7. The van der Waals surface area contributed by atoms with Gasteiger partial charge in [-0.2, -0.15) is 0 Å². The van der Waals surface area contributed by atoms with E-state index in [-0.39, 0.29) is 24.6 Å². The predicted molar refractivity (Wildman–Crippen MR) is 136 cm³/mol. The first kappa shape index (κ1) is 24.0. The Balaban J connectivity index is 1.81. The van der Waals surface area contributed by atoms with E-state index in [1.54, 1.807) is 12.0 Å². The van der Waals surface area contributed by atoms with Gasteiger partial charge in [0.15, 0.2) is 0 Å². The lowest BCUT2D eigenvalue weighted by molar-refractivity contribution is 0.205.